The lowest BCUT2D eigenvalue weighted by Crippen LogP contribution is -2.48. The zero-order valence-electron chi connectivity index (χ0n) is 12.5. The van der Waals surface area contributed by atoms with Crippen LogP contribution in [0.4, 0.5) is 5.82 Å². The van der Waals surface area contributed by atoms with Crippen molar-refractivity contribution >= 4 is 17.6 Å². The second-order valence-corrected chi connectivity index (χ2v) is 5.57. The van der Waals surface area contributed by atoms with E-state index in [1.54, 1.807) is 17.9 Å². The summed E-state index contributed by atoms with van der Waals surface area (Å²) < 4.78 is 0. The number of nitrogens with one attached hydrogen (secondary N) is 1. The van der Waals surface area contributed by atoms with Gasteiger partial charge in [-0.15, -0.1) is 0 Å². The Balaban J connectivity index is 1.97. The van der Waals surface area contributed by atoms with Crippen LogP contribution in [0.2, 0.25) is 0 Å². The molecule has 1 aliphatic rings. The molecular formula is C15H22N4O2. The van der Waals surface area contributed by atoms with Gasteiger partial charge in [-0.05, 0) is 38.8 Å². The number of nitrogens with two attached hydrogens (primary N) is 1. The highest BCUT2D eigenvalue weighted by Crippen LogP contribution is 2.19. The van der Waals surface area contributed by atoms with Crippen molar-refractivity contribution in [1.29, 1.82) is 0 Å². The Bertz CT molecular complexity index is 530. The standard InChI is InChI=1S/C15H22N4O2/c1-10-5-3-7-13(17-10)18-14(20)12-6-4-8-19(9-12)15(21)11(2)16/h3,5,7,11-12H,4,6,8-9,16H2,1-2H3,(H,17,18,20). The van der Waals surface area contributed by atoms with Crippen LogP contribution in [-0.2, 0) is 9.59 Å². The minimum atomic E-state index is -0.523. The van der Waals surface area contributed by atoms with Crippen LogP contribution >= 0.6 is 0 Å². The number of aromatic nitrogens is 1. The van der Waals surface area contributed by atoms with Crippen molar-refractivity contribution in [3.05, 3.63) is 23.9 Å². The van der Waals surface area contributed by atoms with Crippen LogP contribution in [0.5, 0.6) is 0 Å². The summed E-state index contributed by atoms with van der Waals surface area (Å²) in [6.45, 7) is 4.65. The predicted molar refractivity (Wildman–Crippen MR) is 80.6 cm³/mol. The molecule has 2 amide bonds. The van der Waals surface area contributed by atoms with Crippen LogP contribution < -0.4 is 11.1 Å². The van der Waals surface area contributed by atoms with Gasteiger partial charge in [-0.1, -0.05) is 6.07 Å². The minimum Gasteiger partial charge on any atom is -0.341 e. The number of nitrogens with zero attached hydrogens (tertiary/aromatic N) is 2. The Morgan fingerprint density at radius 3 is 2.90 bits per heavy atom. The average Bonchev–Trinajstić information content (AvgIpc) is 2.46. The first-order valence-electron chi connectivity index (χ1n) is 7.26. The molecule has 0 aromatic carbocycles. The van der Waals surface area contributed by atoms with Crippen molar-refractivity contribution < 1.29 is 9.59 Å². The molecule has 2 atom stereocenters. The highest BCUT2D eigenvalue weighted by atomic mass is 16.2. The van der Waals surface area contributed by atoms with Gasteiger partial charge in [-0.2, -0.15) is 0 Å². The SMILES string of the molecule is Cc1cccc(NC(=O)C2CCCN(C(=O)C(C)N)C2)n1. The van der Waals surface area contributed by atoms with Gasteiger partial charge in [0, 0.05) is 18.8 Å². The molecule has 2 unspecified atom stereocenters. The number of carbonyl (C=O) groups is 2. The van der Waals surface area contributed by atoms with Gasteiger partial charge in [0.1, 0.15) is 5.82 Å². The van der Waals surface area contributed by atoms with Crippen LogP contribution in [0.15, 0.2) is 18.2 Å². The zero-order valence-corrected chi connectivity index (χ0v) is 12.5. The van der Waals surface area contributed by atoms with Crippen LogP contribution in [0.1, 0.15) is 25.5 Å². The molecule has 0 aliphatic carbocycles. The molecular weight excluding hydrogens is 268 g/mol. The quantitative estimate of drug-likeness (QED) is 0.866. The van der Waals surface area contributed by atoms with Crippen LogP contribution in [0.3, 0.4) is 0 Å². The van der Waals surface area contributed by atoms with Crippen LogP contribution in [-0.4, -0.2) is 40.8 Å². The number of anilines is 1. The first-order valence-corrected chi connectivity index (χ1v) is 7.26. The summed E-state index contributed by atoms with van der Waals surface area (Å²) in [5.74, 6) is 0.163. The van der Waals surface area contributed by atoms with Gasteiger partial charge in [0.15, 0.2) is 0 Å². The van der Waals surface area contributed by atoms with E-state index >= 15 is 0 Å². The maximum atomic E-state index is 12.3. The summed E-state index contributed by atoms with van der Waals surface area (Å²) in [5.41, 5.74) is 6.48. The van der Waals surface area contributed by atoms with Crippen molar-refractivity contribution in [2.45, 2.75) is 32.7 Å². The van der Waals surface area contributed by atoms with E-state index in [0.29, 0.717) is 18.9 Å². The number of hydrogen-bond acceptors (Lipinski definition) is 4. The summed E-state index contributed by atoms with van der Waals surface area (Å²) in [7, 11) is 0. The fourth-order valence-electron chi connectivity index (χ4n) is 2.52. The van der Waals surface area contributed by atoms with Gasteiger partial charge >= 0.3 is 0 Å². The van der Waals surface area contributed by atoms with Gasteiger partial charge in [0.25, 0.3) is 0 Å². The molecule has 1 aromatic heterocycles. The molecule has 0 saturated carbocycles. The number of pyridine rings is 1. The Morgan fingerprint density at radius 2 is 2.24 bits per heavy atom. The van der Waals surface area contributed by atoms with E-state index in [2.05, 4.69) is 10.3 Å². The molecule has 0 spiro atoms. The summed E-state index contributed by atoms with van der Waals surface area (Å²) in [6, 6.07) is 4.97. The highest BCUT2D eigenvalue weighted by Gasteiger charge is 2.29. The molecule has 21 heavy (non-hydrogen) atoms. The number of hydrogen-bond donors (Lipinski definition) is 2. The summed E-state index contributed by atoms with van der Waals surface area (Å²) in [5, 5.41) is 2.82. The van der Waals surface area contributed by atoms with Gasteiger partial charge in [0.2, 0.25) is 11.8 Å². The van der Waals surface area contributed by atoms with Crippen molar-refractivity contribution in [1.82, 2.24) is 9.88 Å². The molecule has 114 valence electrons. The van der Waals surface area contributed by atoms with E-state index in [1.807, 2.05) is 19.1 Å². The molecule has 6 heteroatoms. The van der Waals surface area contributed by atoms with Crippen molar-refractivity contribution in [3.8, 4) is 0 Å². The van der Waals surface area contributed by atoms with Gasteiger partial charge in [0.05, 0.1) is 12.0 Å². The number of likely N-dealkylation sites (tertiary alicyclic amines) is 1. The van der Waals surface area contributed by atoms with Crippen LogP contribution in [0, 0.1) is 12.8 Å². The number of amides is 2. The van der Waals surface area contributed by atoms with Crippen molar-refractivity contribution in [3.63, 3.8) is 0 Å². The lowest BCUT2D eigenvalue weighted by atomic mass is 9.96. The van der Waals surface area contributed by atoms with E-state index in [9.17, 15) is 9.59 Å². The molecule has 1 aromatic rings. The monoisotopic (exact) mass is 290 g/mol. The third-order valence-corrected chi connectivity index (χ3v) is 3.63. The molecule has 0 bridgehead atoms. The van der Waals surface area contributed by atoms with E-state index < -0.39 is 6.04 Å². The number of aryl methyl sites for hydroxylation is 1. The second-order valence-electron chi connectivity index (χ2n) is 5.57. The Kier molecular flexibility index (Phi) is 4.90. The average molecular weight is 290 g/mol. The first kappa shape index (κ1) is 15.4. The van der Waals surface area contributed by atoms with E-state index in [4.69, 9.17) is 5.73 Å². The zero-order chi connectivity index (χ0) is 15.4. The smallest absolute Gasteiger partial charge is 0.239 e. The summed E-state index contributed by atoms with van der Waals surface area (Å²) in [6.07, 6.45) is 1.60. The summed E-state index contributed by atoms with van der Waals surface area (Å²) >= 11 is 0. The molecule has 1 fully saturated rings. The molecule has 1 aliphatic heterocycles. The second kappa shape index (κ2) is 6.67. The van der Waals surface area contributed by atoms with Gasteiger partial charge in [-0.3, -0.25) is 9.59 Å². The van der Waals surface area contributed by atoms with Crippen LogP contribution in [0.25, 0.3) is 0 Å². The molecule has 6 nitrogen and oxygen atoms in total. The Morgan fingerprint density at radius 1 is 1.48 bits per heavy atom. The lowest BCUT2D eigenvalue weighted by Gasteiger charge is -2.33. The molecule has 2 heterocycles. The Hall–Kier alpha value is -1.95. The largest absolute Gasteiger partial charge is 0.341 e. The highest BCUT2D eigenvalue weighted by molar-refractivity contribution is 5.92. The number of carbonyl (C=O) groups excluding carboxylic acids is 2. The summed E-state index contributed by atoms with van der Waals surface area (Å²) in [4.78, 5) is 30.2. The maximum absolute atomic E-state index is 12.3. The third-order valence-electron chi connectivity index (χ3n) is 3.63. The molecule has 1 saturated heterocycles. The molecule has 0 radical (unpaired) electrons. The van der Waals surface area contributed by atoms with Crippen molar-refractivity contribution in [2.24, 2.45) is 11.7 Å². The first-order chi connectivity index (χ1) is 9.97. The van der Waals surface area contributed by atoms with E-state index in [0.717, 1.165) is 18.5 Å². The fraction of sp³-hybridized carbons (Fsp3) is 0.533. The predicted octanol–water partition coefficient (Wildman–Crippen LogP) is 0.914. The number of piperidine rings is 1. The maximum Gasteiger partial charge on any atom is 0.239 e. The third kappa shape index (κ3) is 4.01. The molecule has 3 N–H and O–H groups in total. The molecule has 2 rings (SSSR count). The normalized spacial score (nSPS) is 20.0. The van der Waals surface area contributed by atoms with E-state index in [1.165, 1.54) is 0 Å². The number of rotatable bonds is 3. The minimum absolute atomic E-state index is 0.0877. The fourth-order valence-corrected chi connectivity index (χ4v) is 2.52. The Labute approximate surface area is 124 Å². The lowest BCUT2D eigenvalue weighted by molar-refractivity contribution is -0.135. The van der Waals surface area contributed by atoms with Gasteiger partial charge < -0.3 is 16.0 Å². The van der Waals surface area contributed by atoms with E-state index in [-0.39, 0.29) is 17.7 Å². The topological polar surface area (TPSA) is 88.3 Å². The van der Waals surface area contributed by atoms with Gasteiger partial charge in [-0.25, -0.2) is 4.98 Å². The van der Waals surface area contributed by atoms with Crippen molar-refractivity contribution in [2.75, 3.05) is 18.4 Å².